The number of carbonyl (C=O) groups excluding carboxylic acids is 1. The van der Waals surface area contributed by atoms with E-state index < -0.39 is 17.7 Å². The molecule has 0 saturated heterocycles. The normalized spacial score (nSPS) is 14.9. The van der Waals surface area contributed by atoms with Crippen molar-refractivity contribution in [1.29, 1.82) is 0 Å². The van der Waals surface area contributed by atoms with Gasteiger partial charge in [-0.3, -0.25) is 4.90 Å². The van der Waals surface area contributed by atoms with Gasteiger partial charge in [0.15, 0.2) is 0 Å². The monoisotopic (exact) mass is 460 g/mol. The van der Waals surface area contributed by atoms with Crippen LogP contribution in [0.3, 0.4) is 0 Å². The van der Waals surface area contributed by atoms with E-state index in [2.05, 4.69) is 10.3 Å². The van der Waals surface area contributed by atoms with E-state index in [1.54, 1.807) is 6.20 Å². The summed E-state index contributed by atoms with van der Waals surface area (Å²) in [5.41, 5.74) is 1.66. The lowest BCUT2D eigenvalue weighted by molar-refractivity contribution is 0.223. The minimum absolute atomic E-state index is 0.0309. The Kier molecular flexibility index (Phi) is 6.25. The summed E-state index contributed by atoms with van der Waals surface area (Å²) in [7, 11) is 0. The summed E-state index contributed by atoms with van der Waals surface area (Å²) in [6, 6.07) is 18.1. The molecule has 1 unspecified atom stereocenters. The lowest BCUT2D eigenvalue weighted by Gasteiger charge is -2.31. The summed E-state index contributed by atoms with van der Waals surface area (Å²) in [5, 5.41) is 4.15. The minimum atomic E-state index is -0.781. The molecule has 34 heavy (non-hydrogen) atoms. The van der Waals surface area contributed by atoms with Crippen molar-refractivity contribution in [3.63, 3.8) is 0 Å². The van der Waals surface area contributed by atoms with Gasteiger partial charge in [-0.1, -0.05) is 43.2 Å². The van der Waals surface area contributed by atoms with Gasteiger partial charge in [-0.15, -0.1) is 0 Å². The number of anilines is 1. The summed E-state index contributed by atoms with van der Waals surface area (Å²) >= 11 is 0. The highest BCUT2D eigenvalue weighted by Crippen LogP contribution is 2.35. The summed E-state index contributed by atoms with van der Waals surface area (Å²) < 4.78 is 30.4. The zero-order valence-corrected chi connectivity index (χ0v) is 18.7. The van der Waals surface area contributed by atoms with Crippen molar-refractivity contribution in [2.75, 3.05) is 4.90 Å². The molecular weight excluding hydrogens is 434 g/mol. The molecule has 0 aliphatic heterocycles. The summed E-state index contributed by atoms with van der Waals surface area (Å²) in [6.07, 6.45) is 7.53. The second-order valence-corrected chi connectivity index (χ2v) is 8.75. The van der Waals surface area contributed by atoms with Gasteiger partial charge in [-0.2, -0.15) is 0 Å². The van der Waals surface area contributed by atoms with Crippen molar-refractivity contribution in [3.05, 3.63) is 96.3 Å². The van der Waals surface area contributed by atoms with Gasteiger partial charge in [0.25, 0.3) is 0 Å². The van der Waals surface area contributed by atoms with Crippen molar-refractivity contribution >= 4 is 22.8 Å². The zero-order valence-electron chi connectivity index (χ0n) is 18.7. The van der Waals surface area contributed by atoms with Crippen LogP contribution in [0.15, 0.2) is 79.1 Å². The fraction of sp³-hybridized carbons (Fsp3) is 0.259. The lowest BCUT2D eigenvalue weighted by Crippen LogP contribution is -2.45. The first-order chi connectivity index (χ1) is 16.6. The number of aromatic nitrogens is 2. The summed E-state index contributed by atoms with van der Waals surface area (Å²) in [4.78, 5) is 19.6. The average Bonchev–Trinajstić information content (AvgIpc) is 3.53. The Bertz CT molecular complexity index is 1280. The van der Waals surface area contributed by atoms with Crippen LogP contribution >= 0.6 is 0 Å². The van der Waals surface area contributed by atoms with Crippen LogP contribution in [-0.4, -0.2) is 15.6 Å². The second kappa shape index (κ2) is 9.63. The van der Waals surface area contributed by atoms with Crippen LogP contribution in [0.4, 0.5) is 19.3 Å². The third-order valence-electron chi connectivity index (χ3n) is 6.52. The van der Waals surface area contributed by atoms with Crippen molar-refractivity contribution in [2.45, 2.75) is 38.4 Å². The molecule has 2 amide bonds. The molecule has 0 radical (unpaired) electrons. The van der Waals surface area contributed by atoms with Crippen LogP contribution in [0.25, 0.3) is 11.0 Å². The summed E-state index contributed by atoms with van der Waals surface area (Å²) in [5.74, 6) is -1.23. The number of urea groups is 1. The van der Waals surface area contributed by atoms with Gasteiger partial charge in [0, 0.05) is 23.8 Å². The molecule has 1 atom stereocenters. The number of rotatable bonds is 6. The molecule has 2 aromatic heterocycles. The average molecular weight is 461 g/mol. The molecule has 2 aromatic carbocycles. The van der Waals surface area contributed by atoms with Crippen LogP contribution in [0.5, 0.6) is 0 Å². The molecule has 2 heterocycles. The van der Waals surface area contributed by atoms with E-state index in [1.807, 2.05) is 59.3 Å². The molecule has 7 heteroatoms. The zero-order chi connectivity index (χ0) is 23.5. The number of hydrogen-bond acceptors (Lipinski definition) is 2. The molecule has 0 spiro atoms. The molecule has 4 aromatic rings. The van der Waals surface area contributed by atoms with Gasteiger partial charge in [0.2, 0.25) is 0 Å². The maximum Gasteiger partial charge on any atom is 0.323 e. The standard InChI is InChI=1S/C27H26F2N4O/c28-22-12-13-24(23(29)17-22)33(18-19-7-2-1-3-8-19)27(34)31-26(20-9-4-5-10-20)32-16-14-21-11-6-15-30-25(21)32/h1-3,6-8,11-17,20,26H,4-5,9-10,18H2,(H,31,34). The number of pyridine rings is 1. The molecule has 174 valence electrons. The Morgan fingerprint density at radius 3 is 2.62 bits per heavy atom. The van der Waals surface area contributed by atoms with E-state index in [-0.39, 0.29) is 24.3 Å². The number of hydrogen-bond donors (Lipinski definition) is 1. The Balaban J connectivity index is 1.50. The lowest BCUT2D eigenvalue weighted by atomic mass is 10.0. The molecule has 1 aliphatic carbocycles. The number of benzene rings is 2. The molecule has 0 bridgehead atoms. The molecule has 1 fully saturated rings. The number of nitrogens with zero attached hydrogens (tertiary/aromatic N) is 3. The number of halogens is 2. The molecule has 1 saturated carbocycles. The molecule has 1 N–H and O–H groups in total. The van der Waals surface area contributed by atoms with E-state index in [0.717, 1.165) is 48.3 Å². The van der Waals surface area contributed by atoms with Gasteiger partial charge in [-0.25, -0.2) is 18.6 Å². The van der Waals surface area contributed by atoms with Crippen molar-refractivity contribution < 1.29 is 13.6 Å². The Morgan fingerprint density at radius 2 is 1.85 bits per heavy atom. The molecule has 5 rings (SSSR count). The highest BCUT2D eigenvalue weighted by atomic mass is 19.1. The van der Waals surface area contributed by atoms with Crippen molar-refractivity contribution in [1.82, 2.24) is 14.9 Å². The predicted octanol–water partition coefficient (Wildman–Crippen LogP) is 6.42. The maximum absolute atomic E-state index is 14.8. The minimum Gasteiger partial charge on any atom is -0.317 e. The first kappa shape index (κ1) is 22.1. The van der Waals surface area contributed by atoms with Crippen LogP contribution in [0.2, 0.25) is 0 Å². The topological polar surface area (TPSA) is 50.2 Å². The SMILES string of the molecule is O=C(NC(C1CCCC1)n1ccc2cccnc21)N(Cc1ccccc1)c1ccc(F)cc1F. The van der Waals surface area contributed by atoms with E-state index in [9.17, 15) is 13.6 Å². The van der Waals surface area contributed by atoms with E-state index >= 15 is 0 Å². The Labute approximate surface area is 197 Å². The van der Waals surface area contributed by atoms with Crippen LogP contribution in [-0.2, 0) is 6.54 Å². The third-order valence-corrected chi connectivity index (χ3v) is 6.52. The number of fused-ring (bicyclic) bond motifs is 1. The van der Waals surface area contributed by atoms with Gasteiger partial charge in [0.1, 0.15) is 23.4 Å². The van der Waals surface area contributed by atoms with Crippen LogP contribution < -0.4 is 10.2 Å². The third kappa shape index (κ3) is 4.51. The van der Waals surface area contributed by atoms with E-state index in [4.69, 9.17) is 0 Å². The number of amides is 2. The Morgan fingerprint density at radius 1 is 1.06 bits per heavy atom. The first-order valence-corrected chi connectivity index (χ1v) is 11.6. The van der Waals surface area contributed by atoms with Gasteiger partial charge >= 0.3 is 6.03 Å². The van der Waals surface area contributed by atoms with Gasteiger partial charge in [-0.05, 0) is 54.7 Å². The fourth-order valence-corrected chi connectivity index (χ4v) is 4.84. The molecule has 5 nitrogen and oxygen atoms in total. The largest absolute Gasteiger partial charge is 0.323 e. The highest BCUT2D eigenvalue weighted by Gasteiger charge is 2.31. The quantitative estimate of drug-likeness (QED) is 0.361. The molecular formula is C27H26F2N4O. The molecule has 1 aliphatic rings. The van der Waals surface area contributed by atoms with Gasteiger partial charge in [0.05, 0.1) is 12.2 Å². The smallest absolute Gasteiger partial charge is 0.317 e. The van der Waals surface area contributed by atoms with Gasteiger partial charge < -0.3 is 9.88 Å². The maximum atomic E-state index is 14.8. The van der Waals surface area contributed by atoms with Crippen molar-refractivity contribution in [3.8, 4) is 0 Å². The van der Waals surface area contributed by atoms with Crippen LogP contribution in [0, 0.1) is 17.6 Å². The first-order valence-electron chi connectivity index (χ1n) is 11.6. The second-order valence-electron chi connectivity index (χ2n) is 8.75. The number of carbonyl (C=O) groups is 1. The highest BCUT2D eigenvalue weighted by molar-refractivity contribution is 5.92. The van der Waals surface area contributed by atoms with Crippen LogP contribution in [0.1, 0.15) is 37.4 Å². The Hall–Kier alpha value is -3.74. The van der Waals surface area contributed by atoms with E-state index in [0.29, 0.717) is 0 Å². The summed E-state index contributed by atoms with van der Waals surface area (Å²) in [6.45, 7) is 0.150. The van der Waals surface area contributed by atoms with E-state index in [1.165, 1.54) is 17.0 Å². The predicted molar refractivity (Wildman–Crippen MR) is 128 cm³/mol. The fourth-order valence-electron chi connectivity index (χ4n) is 4.84. The van der Waals surface area contributed by atoms with Crippen molar-refractivity contribution in [2.24, 2.45) is 5.92 Å². The number of nitrogens with one attached hydrogen (secondary N) is 1.